The summed E-state index contributed by atoms with van der Waals surface area (Å²) < 4.78 is 9.59. The van der Waals surface area contributed by atoms with Crippen molar-refractivity contribution in [3.05, 3.63) is 216 Å². The standard InChI is InChI=1S/C25H32O2.C25H30O2.C24H30O2.H2/c2*1-16-14-21-22(25(5,6)13-12-24(21,3)4)15-20(16)17(2)18-8-10-19(11-9-18)23(26)27-7;1-15-13-20-21(24(5,6)12-11-23(20,3)4)14-19(15)16(2)17-7-9-18(10-8-17)22(25)26;/h8-11,14-15,17H,12-13H2,1-7H3;8-11,14-15H,2,12-13H2,1,3-7H3;7-10,13-14,16H,11-12H2,1-6H3,(H,25,26);1H. The zero-order chi connectivity index (χ0) is 59.2. The van der Waals surface area contributed by atoms with Crippen molar-refractivity contribution in [2.24, 2.45) is 0 Å². The number of carbonyl (C=O) groups excluding carboxylic acids is 2. The summed E-state index contributed by atoms with van der Waals surface area (Å²) in [5, 5.41) is 9.11. The van der Waals surface area contributed by atoms with Gasteiger partial charge in [-0.1, -0.05) is 176 Å². The van der Waals surface area contributed by atoms with Gasteiger partial charge in [0.05, 0.1) is 30.9 Å². The van der Waals surface area contributed by atoms with Crippen LogP contribution in [0, 0.1) is 20.8 Å². The highest BCUT2D eigenvalue weighted by atomic mass is 16.5. The number of methoxy groups -OCH3 is 2. The number of esters is 2. The topological polar surface area (TPSA) is 89.9 Å². The SMILES string of the molecule is C=C(c1ccc(C(=O)OC)cc1)c1cc2c(cc1C)C(C)(C)CCC2(C)C.COC(=O)c1ccc(C(C)c2cc3c(cc2C)C(C)(C)CCC3(C)C)cc1.Cc1cc2c(cc1C(C)c1ccc(C(=O)O)cc1)C(C)(C)CCC2(C)C.[HH]. The van der Waals surface area contributed by atoms with Crippen LogP contribution in [-0.2, 0) is 42.0 Å². The third kappa shape index (κ3) is 12.5. The van der Waals surface area contributed by atoms with E-state index in [0.29, 0.717) is 16.7 Å². The lowest BCUT2D eigenvalue weighted by molar-refractivity contribution is 0.0592. The molecule has 0 amide bonds. The number of aromatic carboxylic acids is 1. The molecular weight excluding hydrogens is 985 g/mol. The minimum atomic E-state index is -0.877. The van der Waals surface area contributed by atoms with Crippen LogP contribution in [0.2, 0.25) is 0 Å². The Kier molecular flexibility index (Phi) is 17.4. The number of carboxylic acids is 1. The Morgan fingerprint density at radius 2 is 0.688 bits per heavy atom. The Hall–Kier alpha value is -6.53. The fourth-order valence-corrected chi connectivity index (χ4v) is 12.8. The second kappa shape index (κ2) is 22.8. The van der Waals surface area contributed by atoms with Crippen LogP contribution in [0.3, 0.4) is 0 Å². The lowest BCUT2D eigenvalue weighted by Crippen LogP contribution is -2.34. The lowest BCUT2D eigenvalue weighted by Gasteiger charge is -2.42. The Bertz CT molecular complexity index is 3310. The maximum atomic E-state index is 11.7. The summed E-state index contributed by atoms with van der Waals surface area (Å²) in [5.74, 6) is -0.964. The van der Waals surface area contributed by atoms with Crippen molar-refractivity contribution in [1.29, 1.82) is 0 Å². The fourth-order valence-electron chi connectivity index (χ4n) is 12.8. The van der Waals surface area contributed by atoms with Crippen LogP contribution in [0.25, 0.3) is 5.57 Å². The van der Waals surface area contributed by atoms with Gasteiger partial charge in [-0.15, -0.1) is 0 Å². The smallest absolute Gasteiger partial charge is 0.337 e. The van der Waals surface area contributed by atoms with Crippen LogP contribution in [0.15, 0.2) is 116 Å². The summed E-state index contributed by atoms with van der Waals surface area (Å²) in [4.78, 5) is 34.5. The van der Waals surface area contributed by atoms with Crippen molar-refractivity contribution in [3.8, 4) is 0 Å². The lowest BCUT2D eigenvalue weighted by atomic mass is 9.62. The Morgan fingerprint density at radius 1 is 0.425 bits per heavy atom. The second-order valence-electron chi connectivity index (χ2n) is 27.6. The summed E-state index contributed by atoms with van der Waals surface area (Å²) in [5.41, 5.74) is 23.8. The van der Waals surface area contributed by atoms with Crippen molar-refractivity contribution in [3.63, 3.8) is 0 Å². The summed E-state index contributed by atoms with van der Waals surface area (Å²) in [6, 6.07) is 37.0. The third-order valence-electron chi connectivity index (χ3n) is 19.1. The Morgan fingerprint density at radius 3 is 1.00 bits per heavy atom. The van der Waals surface area contributed by atoms with Gasteiger partial charge in [-0.3, -0.25) is 0 Å². The molecule has 2 unspecified atom stereocenters. The molecule has 3 aliphatic carbocycles. The Balaban J connectivity index is 0.000000195. The van der Waals surface area contributed by atoms with Gasteiger partial charge in [0.15, 0.2) is 0 Å². The highest BCUT2D eigenvalue weighted by molar-refractivity contribution is 5.91. The number of carbonyl (C=O) groups is 3. The van der Waals surface area contributed by atoms with E-state index >= 15 is 0 Å². The van der Waals surface area contributed by atoms with E-state index in [4.69, 9.17) is 14.6 Å². The van der Waals surface area contributed by atoms with Gasteiger partial charge >= 0.3 is 17.9 Å². The summed E-state index contributed by atoms with van der Waals surface area (Å²) in [7, 11) is 2.81. The van der Waals surface area contributed by atoms with Crippen LogP contribution in [0.4, 0.5) is 0 Å². The van der Waals surface area contributed by atoms with E-state index in [1.807, 2.05) is 48.5 Å². The predicted octanol–water partition coefficient (Wildman–Crippen LogP) is 18.9. The Labute approximate surface area is 482 Å². The first kappa shape index (κ1) is 61.1. The van der Waals surface area contributed by atoms with Crippen molar-refractivity contribution in [2.45, 2.75) is 201 Å². The van der Waals surface area contributed by atoms with Crippen LogP contribution in [0.1, 0.15) is 263 Å². The maximum Gasteiger partial charge on any atom is 0.337 e. The molecule has 6 nitrogen and oxygen atoms in total. The van der Waals surface area contributed by atoms with Gasteiger partial charge in [0, 0.05) is 13.3 Å². The molecule has 80 heavy (non-hydrogen) atoms. The van der Waals surface area contributed by atoms with Crippen molar-refractivity contribution in [2.75, 3.05) is 14.2 Å². The van der Waals surface area contributed by atoms with Crippen molar-refractivity contribution in [1.82, 2.24) is 0 Å². The van der Waals surface area contributed by atoms with Gasteiger partial charge in [0.1, 0.15) is 0 Å². The number of ether oxygens (including phenoxy) is 2. The first-order chi connectivity index (χ1) is 37.2. The monoisotopic (exact) mass is 1080 g/mol. The van der Waals surface area contributed by atoms with E-state index in [1.165, 1.54) is 125 Å². The van der Waals surface area contributed by atoms with Gasteiger partial charge in [0.2, 0.25) is 0 Å². The van der Waals surface area contributed by atoms with E-state index in [0.717, 1.165) is 16.7 Å². The molecule has 426 valence electrons. The first-order valence-electron chi connectivity index (χ1n) is 29.0. The molecule has 0 heterocycles. The van der Waals surface area contributed by atoms with Gasteiger partial charge in [0.25, 0.3) is 0 Å². The highest BCUT2D eigenvalue weighted by Gasteiger charge is 2.40. The molecule has 2 atom stereocenters. The molecule has 0 saturated heterocycles. The average molecular weight is 1080 g/mol. The van der Waals surface area contributed by atoms with E-state index in [9.17, 15) is 14.4 Å². The molecule has 9 rings (SSSR count). The van der Waals surface area contributed by atoms with Crippen LogP contribution < -0.4 is 0 Å². The zero-order valence-electron chi connectivity index (χ0n) is 52.0. The molecule has 6 aromatic rings. The fraction of sp³-hybridized carbons (Fsp3) is 0.446. The molecule has 0 spiro atoms. The first-order valence-corrected chi connectivity index (χ1v) is 29.0. The molecule has 3 aliphatic rings. The second-order valence-corrected chi connectivity index (χ2v) is 27.6. The number of carboxylic acid groups (broad SMARTS) is 1. The minimum absolute atomic E-state index is 0. The number of aryl methyl sites for hydroxylation is 3. The number of fused-ring (bicyclic) bond motifs is 3. The van der Waals surface area contributed by atoms with E-state index in [2.05, 4.69) is 161 Å². The van der Waals surface area contributed by atoms with E-state index < -0.39 is 5.97 Å². The van der Waals surface area contributed by atoms with Gasteiger partial charge < -0.3 is 14.6 Å². The van der Waals surface area contributed by atoms with Gasteiger partial charge in [-0.05, 0) is 217 Å². The van der Waals surface area contributed by atoms with Crippen molar-refractivity contribution < 1.29 is 30.4 Å². The average Bonchev–Trinajstić information content (AvgIpc) is 3.44. The molecule has 0 saturated carbocycles. The normalized spacial score (nSPS) is 18.1. The summed E-state index contributed by atoms with van der Waals surface area (Å²) in [6.07, 6.45) is 7.28. The number of benzene rings is 6. The number of rotatable bonds is 9. The molecular formula is C74H94O6. The number of hydrogen-bond acceptors (Lipinski definition) is 5. The van der Waals surface area contributed by atoms with Crippen LogP contribution in [0.5, 0.6) is 0 Å². The minimum Gasteiger partial charge on any atom is -0.478 e. The quantitative estimate of drug-likeness (QED) is 0.145. The predicted molar refractivity (Wildman–Crippen MR) is 334 cm³/mol. The molecule has 0 radical (unpaired) electrons. The molecule has 0 aliphatic heterocycles. The maximum absolute atomic E-state index is 11.7. The van der Waals surface area contributed by atoms with Crippen LogP contribution >= 0.6 is 0 Å². The molecule has 1 N–H and O–H groups in total. The highest BCUT2D eigenvalue weighted by Crippen LogP contribution is 2.50. The summed E-state index contributed by atoms with van der Waals surface area (Å²) in [6.45, 7) is 43.7. The van der Waals surface area contributed by atoms with Crippen LogP contribution in [-0.4, -0.2) is 37.2 Å². The zero-order valence-corrected chi connectivity index (χ0v) is 52.0. The van der Waals surface area contributed by atoms with Gasteiger partial charge in [-0.2, -0.15) is 0 Å². The van der Waals surface area contributed by atoms with Crippen molar-refractivity contribution >= 4 is 23.5 Å². The van der Waals surface area contributed by atoms with E-state index in [1.54, 1.807) is 24.3 Å². The molecule has 0 bridgehead atoms. The largest absolute Gasteiger partial charge is 0.478 e. The molecule has 6 aromatic carbocycles. The van der Waals surface area contributed by atoms with E-state index in [-0.39, 0.29) is 57.7 Å². The third-order valence-corrected chi connectivity index (χ3v) is 19.1. The van der Waals surface area contributed by atoms with Gasteiger partial charge in [-0.25, -0.2) is 14.4 Å². The molecule has 0 aromatic heterocycles. The summed E-state index contributed by atoms with van der Waals surface area (Å²) >= 11 is 0. The number of hydrogen-bond donors (Lipinski definition) is 1. The molecule has 0 fully saturated rings. The molecule has 6 heteroatoms.